The second kappa shape index (κ2) is 6.15. The van der Waals surface area contributed by atoms with Crippen molar-refractivity contribution in [3.05, 3.63) is 47.4 Å². The highest BCUT2D eigenvalue weighted by atomic mass is 35.5. The predicted octanol–water partition coefficient (Wildman–Crippen LogP) is 2.32. The third-order valence-corrected chi connectivity index (χ3v) is 2.57. The van der Waals surface area contributed by atoms with Crippen LogP contribution in [-0.4, -0.2) is 23.0 Å². The van der Waals surface area contributed by atoms with Crippen molar-refractivity contribution in [3.8, 4) is 5.75 Å². The predicted molar refractivity (Wildman–Crippen MR) is 72.4 cm³/mol. The average Bonchev–Trinajstić information content (AvgIpc) is 2.38. The number of hydrogen-bond acceptors (Lipinski definition) is 4. The highest BCUT2D eigenvalue weighted by Crippen LogP contribution is 2.13. The maximum Gasteiger partial charge on any atom is 0.229 e. The van der Waals surface area contributed by atoms with Crippen LogP contribution in [0.25, 0.3) is 0 Å². The molecule has 1 aromatic heterocycles. The van der Waals surface area contributed by atoms with Crippen LogP contribution in [0.15, 0.2) is 36.5 Å². The van der Waals surface area contributed by atoms with E-state index >= 15 is 0 Å². The van der Waals surface area contributed by atoms with E-state index < -0.39 is 0 Å². The molecule has 0 radical (unpaired) electrons. The van der Waals surface area contributed by atoms with Gasteiger partial charge in [0.15, 0.2) is 0 Å². The topological polar surface area (TPSA) is 64.1 Å². The molecule has 0 spiro atoms. The van der Waals surface area contributed by atoms with Gasteiger partial charge in [0.25, 0.3) is 0 Å². The number of rotatable bonds is 4. The fraction of sp³-hybridized carbons (Fsp3) is 0.154. The van der Waals surface area contributed by atoms with Gasteiger partial charge in [0.1, 0.15) is 11.6 Å². The summed E-state index contributed by atoms with van der Waals surface area (Å²) < 4.78 is 5.10. The number of halogens is 1. The molecule has 0 saturated heterocycles. The molecular formula is C13H12ClN3O2. The van der Waals surface area contributed by atoms with Gasteiger partial charge in [-0.3, -0.25) is 4.79 Å². The van der Waals surface area contributed by atoms with Gasteiger partial charge in [0.2, 0.25) is 11.2 Å². The lowest BCUT2D eigenvalue weighted by Gasteiger charge is -2.06. The number of hydrogen-bond donors (Lipinski definition) is 1. The Morgan fingerprint density at radius 2 is 2.26 bits per heavy atom. The molecule has 1 amide bonds. The van der Waals surface area contributed by atoms with E-state index in [0.717, 1.165) is 11.3 Å². The Morgan fingerprint density at radius 1 is 1.42 bits per heavy atom. The molecule has 0 atom stereocenters. The SMILES string of the molecule is COc1cccc(CC(=O)Nc2ccnc(Cl)n2)c1. The van der Waals surface area contributed by atoms with Crippen molar-refractivity contribution < 1.29 is 9.53 Å². The smallest absolute Gasteiger partial charge is 0.229 e. The first-order valence-corrected chi connectivity index (χ1v) is 5.96. The molecular weight excluding hydrogens is 266 g/mol. The summed E-state index contributed by atoms with van der Waals surface area (Å²) >= 11 is 5.64. The van der Waals surface area contributed by atoms with Crippen molar-refractivity contribution in [1.29, 1.82) is 0 Å². The molecule has 1 heterocycles. The van der Waals surface area contributed by atoms with Gasteiger partial charge in [-0.1, -0.05) is 12.1 Å². The Kier molecular flexibility index (Phi) is 4.30. The maximum atomic E-state index is 11.8. The molecule has 2 rings (SSSR count). The van der Waals surface area contributed by atoms with Crippen LogP contribution in [0.3, 0.4) is 0 Å². The lowest BCUT2D eigenvalue weighted by molar-refractivity contribution is -0.115. The highest BCUT2D eigenvalue weighted by molar-refractivity contribution is 6.28. The molecule has 0 unspecified atom stereocenters. The van der Waals surface area contributed by atoms with Gasteiger partial charge in [-0.05, 0) is 35.4 Å². The van der Waals surface area contributed by atoms with Crippen LogP contribution >= 0.6 is 11.6 Å². The monoisotopic (exact) mass is 277 g/mol. The van der Waals surface area contributed by atoms with E-state index in [-0.39, 0.29) is 17.6 Å². The molecule has 19 heavy (non-hydrogen) atoms. The minimum absolute atomic E-state index is 0.0965. The van der Waals surface area contributed by atoms with Gasteiger partial charge in [0.05, 0.1) is 13.5 Å². The molecule has 6 heteroatoms. The summed E-state index contributed by atoms with van der Waals surface area (Å²) in [7, 11) is 1.59. The lowest BCUT2D eigenvalue weighted by Crippen LogP contribution is -2.15. The molecule has 0 aliphatic carbocycles. The molecule has 1 aromatic carbocycles. The van der Waals surface area contributed by atoms with E-state index in [2.05, 4.69) is 15.3 Å². The molecule has 2 aromatic rings. The number of aromatic nitrogens is 2. The highest BCUT2D eigenvalue weighted by Gasteiger charge is 2.06. The first kappa shape index (κ1) is 13.3. The zero-order valence-corrected chi connectivity index (χ0v) is 11.0. The Balaban J connectivity index is 2.01. The molecule has 0 aliphatic heterocycles. The van der Waals surface area contributed by atoms with Crippen molar-refractivity contribution in [3.63, 3.8) is 0 Å². The number of amides is 1. The lowest BCUT2D eigenvalue weighted by atomic mass is 10.1. The van der Waals surface area contributed by atoms with Crippen molar-refractivity contribution in [1.82, 2.24) is 9.97 Å². The largest absolute Gasteiger partial charge is 0.497 e. The standard InChI is InChI=1S/C13H12ClN3O2/c1-19-10-4-2-3-9(7-10)8-12(18)16-11-5-6-15-13(14)17-11/h2-7H,8H2,1H3,(H,15,16,17,18). The van der Waals surface area contributed by atoms with Gasteiger partial charge in [-0.15, -0.1) is 0 Å². The van der Waals surface area contributed by atoms with Crippen molar-refractivity contribution in [2.45, 2.75) is 6.42 Å². The van der Waals surface area contributed by atoms with Crippen molar-refractivity contribution in [2.75, 3.05) is 12.4 Å². The minimum Gasteiger partial charge on any atom is -0.497 e. The first-order chi connectivity index (χ1) is 9.17. The summed E-state index contributed by atoms with van der Waals surface area (Å²) in [6, 6.07) is 8.91. The van der Waals surface area contributed by atoms with Crippen LogP contribution in [0, 0.1) is 0 Å². The Morgan fingerprint density at radius 3 is 3.00 bits per heavy atom. The molecule has 0 aliphatic rings. The summed E-state index contributed by atoms with van der Waals surface area (Å²) in [6.07, 6.45) is 1.72. The number of carbonyl (C=O) groups excluding carboxylic acids is 1. The number of benzene rings is 1. The van der Waals surface area contributed by atoms with E-state index in [1.54, 1.807) is 13.2 Å². The molecule has 0 saturated carbocycles. The van der Waals surface area contributed by atoms with Gasteiger partial charge in [-0.2, -0.15) is 0 Å². The molecule has 1 N–H and O–H groups in total. The van der Waals surface area contributed by atoms with Crippen molar-refractivity contribution in [2.24, 2.45) is 0 Å². The zero-order chi connectivity index (χ0) is 13.7. The summed E-state index contributed by atoms with van der Waals surface area (Å²) in [4.78, 5) is 19.5. The minimum atomic E-state index is -0.178. The zero-order valence-electron chi connectivity index (χ0n) is 10.3. The number of carbonyl (C=O) groups is 1. The number of nitrogens with zero attached hydrogens (tertiary/aromatic N) is 2. The van der Waals surface area contributed by atoms with Gasteiger partial charge < -0.3 is 10.1 Å². The van der Waals surface area contributed by atoms with Crippen LogP contribution < -0.4 is 10.1 Å². The van der Waals surface area contributed by atoms with Crippen LogP contribution in [-0.2, 0) is 11.2 Å². The number of ether oxygens (including phenoxy) is 1. The third-order valence-electron chi connectivity index (χ3n) is 2.39. The second-order valence-corrected chi connectivity index (χ2v) is 4.13. The average molecular weight is 278 g/mol. The number of anilines is 1. The molecule has 0 fully saturated rings. The number of methoxy groups -OCH3 is 1. The van der Waals surface area contributed by atoms with E-state index in [4.69, 9.17) is 16.3 Å². The van der Waals surface area contributed by atoms with Gasteiger partial charge >= 0.3 is 0 Å². The van der Waals surface area contributed by atoms with E-state index in [1.807, 2.05) is 24.3 Å². The van der Waals surface area contributed by atoms with E-state index in [9.17, 15) is 4.79 Å². The quantitative estimate of drug-likeness (QED) is 0.871. The van der Waals surface area contributed by atoms with Crippen molar-refractivity contribution >= 4 is 23.3 Å². The Hall–Kier alpha value is -2.14. The summed E-state index contributed by atoms with van der Waals surface area (Å²) in [5.74, 6) is 0.922. The fourth-order valence-electron chi connectivity index (χ4n) is 1.56. The van der Waals surface area contributed by atoms with Gasteiger partial charge in [0, 0.05) is 6.20 Å². The van der Waals surface area contributed by atoms with Crippen LogP contribution in [0.1, 0.15) is 5.56 Å². The van der Waals surface area contributed by atoms with Crippen LogP contribution in [0.5, 0.6) is 5.75 Å². The Labute approximate surface area is 115 Å². The fourth-order valence-corrected chi connectivity index (χ4v) is 1.71. The van der Waals surface area contributed by atoms with Gasteiger partial charge in [-0.25, -0.2) is 9.97 Å². The van der Waals surface area contributed by atoms with Crippen LogP contribution in [0.4, 0.5) is 5.82 Å². The second-order valence-electron chi connectivity index (χ2n) is 3.79. The summed E-state index contributed by atoms with van der Waals surface area (Å²) in [5, 5.41) is 2.75. The van der Waals surface area contributed by atoms with Crippen LogP contribution in [0.2, 0.25) is 5.28 Å². The molecule has 98 valence electrons. The molecule has 5 nitrogen and oxygen atoms in total. The van der Waals surface area contributed by atoms with E-state index in [1.165, 1.54) is 6.20 Å². The first-order valence-electron chi connectivity index (χ1n) is 5.58. The van der Waals surface area contributed by atoms with E-state index in [0.29, 0.717) is 5.82 Å². The normalized spacial score (nSPS) is 10.0. The third kappa shape index (κ3) is 3.93. The number of nitrogens with one attached hydrogen (secondary N) is 1. The summed E-state index contributed by atoms with van der Waals surface area (Å²) in [5.41, 5.74) is 0.858. The Bertz CT molecular complexity index is 590. The molecule has 0 bridgehead atoms. The summed E-state index contributed by atoms with van der Waals surface area (Å²) in [6.45, 7) is 0. The maximum absolute atomic E-state index is 11.8.